The van der Waals surface area contributed by atoms with E-state index in [1.807, 2.05) is 25.1 Å². The average Bonchev–Trinajstić information content (AvgIpc) is 2.94. The van der Waals surface area contributed by atoms with Crippen molar-refractivity contribution in [3.63, 3.8) is 0 Å². The molecule has 2 aromatic carbocycles. The Kier molecular flexibility index (Phi) is 10.2. The third-order valence-electron chi connectivity index (χ3n) is 6.83. The minimum Gasteiger partial charge on any atom is -0.389 e. The van der Waals surface area contributed by atoms with Crippen molar-refractivity contribution < 1.29 is 14.7 Å². The molecule has 1 aliphatic heterocycles. The van der Waals surface area contributed by atoms with Crippen LogP contribution < -0.4 is 16.0 Å². The van der Waals surface area contributed by atoms with E-state index < -0.39 is 11.6 Å². The minimum absolute atomic E-state index is 0.107. The number of benzene rings is 2. The number of carbonyl (C=O) groups is 2. The summed E-state index contributed by atoms with van der Waals surface area (Å²) in [4.78, 5) is 33.9. The molecule has 9 nitrogen and oxygen atoms in total. The van der Waals surface area contributed by atoms with Crippen molar-refractivity contribution in [2.75, 3.05) is 50.4 Å². The van der Waals surface area contributed by atoms with Crippen molar-refractivity contribution in [1.29, 1.82) is 0 Å². The number of anilines is 2. The van der Waals surface area contributed by atoms with Crippen LogP contribution in [0.1, 0.15) is 46.5 Å². The molecule has 1 aliphatic rings. The summed E-state index contributed by atoms with van der Waals surface area (Å²) in [6.07, 6.45) is 1.56. The van der Waals surface area contributed by atoms with E-state index in [2.05, 4.69) is 49.6 Å². The quantitative estimate of drug-likeness (QED) is 0.306. The summed E-state index contributed by atoms with van der Waals surface area (Å²) < 4.78 is 0. The van der Waals surface area contributed by atoms with E-state index in [0.29, 0.717) is 27.7 Å². The van der Waals surface area contributed by atoms with Gasteiger partial charge in [-0.05, 0) is 75.3 Å². The molecule has 4 rings (SSSR count). The second kappa shape index (κ2) is 13.8. The first-order valence-corrected chi connectivity index (χ1v) is 14.2. The zero-order valence-electron chi connectivity index (χ0n) is 24.4. The molecule has 3 amide bonds. The number of hydrogen-bond acceptors (Lipinski definition) is 6. The fraction of sp³-hybridized carbons (Fsp3) is 0.344. The van der Waals surface area contributed by atoms with Gasteiger partial charge in [0, 0.05) is 72.9 Å². The Labute approximate surface area is 252 Å². The van der Waals surface area contributed by atoms with Gasteiger partial charge in [-0.2, -0.15) is 0 Å². The minimum atomic E-state index is -1.01. The van der Waals surface area contributed by atoms with Crippen LogP contribution in [0.25, 0.3) is 0 Å². The molecule has 10 heteroatoms. The number of pyridine rings is 1. The van der Waals surface area contributed by atoms with Crippen LogP contribution in [-0.2, 0) is 6.54 Å². The van der Waals surface area contributed by atoms with Crippen LogP contribution in [0, 0.1) is 18.8 Å². The molecule has 0 unspecified atom stereocenters. The van der Waals surface area contributed by atoms with E-state index >= 15 is 0 Å². The maximum absolute atomic E-state index is 13.0. The number of aryl methyl sites for hydroxylation is 1. The number of halogens is 1. The van der Waals surface area contributed by atoms with E-state index in [9.17, 15) is 14.7 Å². The van der Waals surface area contributed by atoms with Gasteiger partial charge in [0.1, 0.15) is 5.82 Å². The molecular formula is C32H37ClN6O3. The monoisotopic (exact) mass is 588 g/mol. The van der Waals surface area contributed by atoms with Crippen molar-refractivity contribution in [2.24, 2.45) is 0 Å². The molecule has 220 valence electrons. The normalized spacial score (nSPS) is 14.0. The molecule has 3 aromatic rings. The first-order chi connectivity index (χ1) is 19.9. The molecule has 0 bridgehead atoms. The Bertz CT molecular complexity index is 1480. The number of aliphatic hydroxyl groups is 1. The summed E-state index contributed by atoms with van der Waals surface area (Å²) in [5.74, 6) is 6.29. The Morgan fingerprint density at radius 3 is 2.45 bits per heavy atom. The third kappa shape index (κ3) is 9.29. The lowest BCUT2D eigenvalue weighted by Crippen LogP contribution is -2.43. The fourth-order valence-corrected chi connectivity index (χ4v) is 4.48. The lowest BCUT2D eigenvalue weighted by molar-refractivity contribution is 0.0826. The van der Waals surface area contributed by atoms with Crippen molar-refractivity contribution >= 4 is 35.0 Å². The van der Waals surface area contributed by atoms with Gasteiger partial charge in [-0.1, -0.05) is 35.6 Å². The third-order valence-corrected chi connectivity index (χ3v) is 7.18. The maximum atomic E-state index is 13.0. The molecule has 0 aliphatic carbocycles. The van der Waals surface area contributed by atoms with Crippen LogP contribution >= 0.6 is 11.6 Å². The molecule has 0 spiro atoms. The standard InChI is InChI=1S/C32H37ClN6O3/c1-22-5-8-25(30(40)36-27-11-10-26(28(33)18-27)20-39-15-13-38(4)14-16-39)17-24(22)9-6-23-7-12-29(34-19-23)37-31(41)35-21-32(2,3)42/h5,7-8,10-12,17-19,42H,13-16,20-21H2,1-4H3,(H,36,40)(H2,34,35,37,41). The number of carbonyl (C=O) groups excluding carboxylic acids is 2. The Balaban J connectivity index is 1.36. The predicted octanol–water partition coefficient (Wildman–Crippen LogP) is 4.34. The number of rotatable bonds is 7. The average molecular weight is 589 g/mol. The van der Waals surface area contributed by atoms with Gasteiger partial charge in [0.15, 0.2) is 0 Å². The van der Waals surface area contributed by atoms with Gasteiger partial charge >= 0.3 is 6.03 Å². The largest absolute Gasteiger partial charge is 0.389 e. The van der Waals surface area contributed by atoms with E-state index in [0.717, 1.165) is 49.4 Å². The molecule has 42 heavy (non-hydrogen) atoms. The van der Waals surface area contributed by atoms with Crippen molar-refractivity contribution in [2.45, 2.75) is 32.9 Å². The second-order valence-electron chi connectivity index (χ2n) is 11.2. The van der Waals surface area contributed by atoms with Gasteiger partial charge in [-0.15, -0.1) is 0 Å². The highest BCUT2D eigenvalue weighted by Gasteiger charge is 2.16. The maximum Gasteiger partial charge on any atom is 0.320 e. The van der Waals surface area contributed by atoms with E-state index in [4.69, 9.17) is 11.6 Å². The van der Waals surface area contributed by atoms with Crippen molar-refractivity contribution in [3.8, 4) is 11.8 Å². The fourth-order valence-electron chi connectivity index (χ4n) is 4.24. The number of aromatic nitrogens is 1. The SMILES string of the molecule is Cc1ccc(C(=O)Nc2ccc(CN3CCN(C)CC3)c(Cl)c2)cc1C#Cc1ccc(NC(=O)NCC(C)(C)O)nc1. The first-order valence-electron chi connectivity index (χ1n) is 13.8. The number of likely N-dealkylation sites (N-methyl/N-ethyl adjacent to an activating group) is 1. The van der Waals surface area contributed by atoms with Gasteiger partial charge in [0.05, 0.1) is 5.60 Å². The zero-order chi connectivity index (χ0) is 30.3. The molecule has 2 heterocycles. The molecular weight excluding hydrogens is 552 g/mol. The van der Waals surface area contributed by atoms with Gasteiger partial charge in [0.25, 0.3) is 5.91 Å². The summed E-state index contributed by atoms with van der Waals surface area (Å²) in [6, 6.07) is 14.0. The van der Waals surface area contributed by atoms with E-state index in [1.54, 1.807) is 50.4 Å². The van der Waals surface area contributed by atoms with Gasteiger partial charge < -0.3 is 20.6 Å². The number of piperazine rings is 1. The lowest BCUT2D eigenvalue weighted by atomic mass is 10.0. The summed E-state index contributed by atoms with van der Waals surface area (Å²) in [5.41, 5.74) is 3.45. The highest BCUT2D eigenvalue weighted by molar-refractivity contribution is 6.31. The van der Waals surface area contributed by atoms with Crippen LogP contribution in [0.4, 0.5) is 16.3 Å². The Morgan fingerprint density at radius 1 is 1.02 bits per heavy atom. The van der Waals surface area contributed by atoms with Gasteiger partial charge in [-0.3, -0.25) is 15.0 Å². The Hall–Kier alpha value is -3.94. The van der Waals surface area contributed by atoms with Gasteiger partial charge in [-0.25, -0.2) is 9.78 Å². The molecule has 1 fully saturated rings. The highest BCUT2D eigenvalue weighted by Crippen LogP contribution is 2.24. The highest BCUT2D eigenvalue weighted by atomic mass is 35.5. The lowest BCUT2D eigenvalue weighted by Gasteiger charge is -2.32. The van der Waals surface area contributed by atoms with Gasteiger partial charge in [0.2, 0.25) is 0 Å². The van der Waals surface area contributed by atoms with Crippen molar-refractivity contribution in [1.82, 2.24) is 20.1 Å². The molecule has 0 radical (unpaired) electrons. The molecule has 1 saturated heterocycles. The number of amides is 3. The molecule has 0 saturated carbocycles. The van der Waals surface area contributed by atoms with Crippen LogP contribution in [0.2, 0.25) is 5.02 Å². The topological polar surface area (TPSA) is 110 Å². The van der Waals surface area contributed by atoms with Crippen molar-refractivity contribution in [3.05, 3.63) is 87.6 Å². The smallest absolute Gasteiger partial charge is 0.320 e. The summed E-state index contributed by atoms with van der Waals surface area (Å²) in [7, 11) is 2.13. The summed E-state index contributed by atoms with van der Waals surface area (Å²) in [5, 5.41) is 18.5. The molecule has 4 N–H and O–H groups in total. The molecule has 1 aromatic heterocycles. The van der Waals surface area contributed by atoms with Crippen LogP contribution in [0.5, 0.6) is 0 Å². The summed E-state index contributed by atoms with van der Waals surface area (Å²) in [6.45, 7) is 10.1. The first kappa shape index (κ1) is 31.0. The van der Waals surface area contributed by atoms with Crippen LogP contribution in [-0.4, -0.2) is 77.2 Å². The predicted molar refractivity (Wildman–Crippen MR) is 167 cm³/mol. The van der Waals surface area contributed by atoms with Crippen LogP contribution in [0.15, 0.2) is 54.7 Å². The zero-order valence-corrected chi connectivity index (χ0v) is 25.2. The second-order valence-corrected chi connectivity index (χ2v) is 11.6. The molecule has 0 atom stereocenters. The van der Waals surface area contributed by atoms with E-state index in [1.165, 1.54) is 0 Å². The number of urea groups is 1. The van der Waals surface area contributed by atoms with Crippen LogP contribution in [0.3, 0.4) is 0 Å². The number of nitrogens with zero attached hydrogens (tertiary/aromatic N) is 3. The summed E-state index contributed by atoms with van der Waals surface area (Å²) >= 11 is 6.57. The number of hydrogen-bond donors (Lipinski definition) is 4. The number of nitrogens with one attached hydrogen (secondary N) is 3. The Morgan fingerprint density at radius 2 is 1.79 bits per heavy atom. The van der Waals surface area contributed by atoms with E-state index in [-0.39, 0.29) is 12.5 Å².